The number of hydrazine groups is 1. The highest BCUT2D eigenvalue weighted by Crippen LogP contribution is 2.21. The lowest BCUT2D eigenvalue weighted by Gasteiger charge is -2.05. The lowest BCUT2D eigenvalue weighted by atomic mass is 10.3. The van der Waals surface area contributed by atoms with Gasteiger partial charge in [-0.2, -0.15) is 0 Å². The summed E-state index contributed by atoms with van der Waals surface area (Å²) in [5, 5.41) is 0. The van der Waals surface area contributed by atoms with Crippen molar-refractivity contribution in [2.24, 2.45) is 5.84 Å². The Balaban J connectivity index is 2.87. The highest BCUT2D eigenvalue weighted by molar-refractivity contribution is 5.54. The van der Waals surface area contributed by atoms with Crippen molar-refractivity contribution in [1.29, 1.82) is 0 Å². The molecule has 0 aliphatic carbocycles. The number of para-hydroxylation sites is 2. The molecule has 3 nitrogen and oxygen atoms in total. The van der Waals surface area contributed by atoms with Gasteiger partial charge in [0.2, 0.25) is 0 Å². The third kappa shape index (κ3) is 1.19. The van der Waals surface area contributed by atoms with Gasteiger partial charge in [-0.05, 0) is 12.1 Å². The average Bonchev–Trinajstić information content (AvgIpc) is 2.02. The maximum atomic E-state index is 6.88. The minimum Gasteiger partial charge on any atom is -0.495 e. The summed E-state index contributed by atoms with van der Waals surface area (Å²) in [6.45, 7) is 0. The largest absolute Gasteiger partial charge is 0.495 e. The van der Waals surface area contributed by atoms with E-state index in [4.69, 9.17) is 9.95 Å². The molecule has 0 aliphatic heterocycles. The zero-order valence-electron chi connectivity index (χ0n) is 8.29. The summed E-state index contributed by atoms with van der Waals surface area (Å²) in [6.07, 6.45) is 0. The number of nitrogens with one attached hydrogen (secondary N) is 1. The number of methoxy groups -OCH3 is 1. The van der Waals surface area contributed by atoms with E-state index >= 15 is 0 Å². The lowest BCUT2D eigenvalue weighted by molar-refractivity contribution is 0.416. The molecule has 54 valence electrons. The predicted octanol–water partition coefficient (Wildman–Crippen LogP) is 0.981. The van der Waals surface area contributed by atoms with E-state index in [1.54, 1.807) is 18.2 Å². The summed E-state index contributed by atoms with van der Waals surface area (Å²) >= 11 is 0. The summed E-state index contributed by atoms with van der Waals surface area (Å²) in [5.41, 5.74) is 2.79. The molecule has 0 aromatic heterocycles. The Labute approximate surface area is 64.0 Å². The van der Waals surface area contributed by atoms with Gasteiger partial charge in [0.1, 0.15) is 5.75 Å². The van der Waals surface area contributed by atoms with Crippen molar-refractivity contribution in [1.82, 2.24) is 0 Å². The molecule has 0 atom stereocenters. The predicted molar refractivity (Wildman–Crippen MR) is 40.8 cm³/mol. The second-order valence-corrected chi connectivity index (χ2v) is 1.74. The Morgan fingerprint density at radius 2 is 2.40 bits per heavy atom. The molecule has 1 aromatic carbocycles. The molecule has 0 aliphatic rings. The maximum absolute atomic E-state index is 6.88. The summed E-state index contributed by atoms with van der Waals surface area (Å²) in [7, 11) is -2.45. The minimum absolute atomic E-state index is 0.213. The van der Waals surface area contributed by atoms with Crippen LogP contribution in [0.2, 0.25) is 0 Å². The fraction of sp³-hybridized carbons (Fsp3) is 0.143. The van der Waals surface area contributed by atoms with Crippen molar-refractivity contribution >= 4 is 5.69 Å². The van der Waals surface area contributed by atoms with Crippen LogP contribution in [0.3, 0.4) is 0 Å². The smallest absolute Gasteiger partial charge is 0.143 e. The molecule has 0 saturated carbocycles. The Bertz CT molecular complexity index is 287. The van der Waals surface area contributed by atoms with Gasteiger partial charge in [0.05, 0.1) is 16.8 Å². The molecule has 0 saturated heterocycles. The molecule has 0 spiro atoms. The number of benzene rings is 1. The van der Waals surface area contributed by atoms with Crippen LogP contribution >= 0.6 is 0 Å². The first-order valence-corrected chi connectivity index (χ1v) is 2.77. The van der Waals surface area contributed by atoms with Gasteiger partial charge >= 0.3 is 0 Å². The number of rotatable bonds is 2. The third-order valence-corrected chi connectivity index (χ3v) is 1.15. The maximum Gasteiger partial charge on any atom is 0.143 e. The molecule has 3 N–H and O–H groups in total. The highest BCUT2D eigenvalue weighted by atomic mass is 16.5. The number of ether oxygens (including phenoxy) is 1. The van der Waals surface area contributed by atoms with E-state index in [2.05, 4.69) is 10.2 Å². The monoisotopic (exact) mass is 141 g/mol. The first-order chi connectivity index (χ1) is 6.03. The van der Waals surface area contributed by atoms with E-state index in [0.29, 0.717) is 5.69 Å². The van der Waals surface area contributed by atoms with Crippen LogP contribution in [0.5, 0.6) is 5.75 Å². The average molecular weight is 141 g/mol. The summed E-state index contributed by atoms with van der Waals surface area (Å²) in [5.74, 6) is 5.37. The van der Waals surface area contributed by atoms with Gasteiger partial charge in [0.15, 0.2) is 0 Å². The number of nitrogens with two attached hydrogens (primary N) is 1. The van der Waals surface area contributed by atoms with E-state index in [1.165, 1.54) is 6.07 Å². The minimum atomic E-state index is -2.45. The molecule has 0 unspecified atom stereocenters. The van der Waals surface area contributed by atoms with E-state index in [-0.39, 0.29) is 5.75 Å². The fourth-order valence-corrected chi connectivity index (χ4v) is 0.675. The van der Waals surface area contributed by atoms with Crippen molar-refractivity contribution in [2.45, 2.75) is 0 Å². The Morgan fingerprint density at radius 1 is 1.60 bits per heavy atom. The zero-order valence-corrected chi connectivity index (χ0v) is 5.29. The van der Waals surface area contributed by atoms with E-state index < -0.39 is 7.04 Å². The van der Waals surface area contributed by atoms with E-state index in [0.717, 1.165) is 0 Å². The van der Waals surface area contributed by atoms with Crippen molar-refractivity contribution in [3.05, 3.63) is 24.3 Å². The number of hydrogen-bond donors (Lipinski definition) is 2. The van der Waals surface area contributed by atoms with Crippen molar-refractivity contribution in [3.63, 3.8) is 0 Å². The van der Waals surface area contributed by atoms with Gasteiger partial charge in [-0.15, -0.1) is 0 Å². The van der Waals surface area contributed by atoms with Crippen LogP contribution in [0.4, 0.5) is 5.69 Å². The Kier molecular flexibility index (Phi) is 1.18. The van der Waals surface area contributed by atoms with Gasteiger partial charge in [-0.25, -0.2) is 0 Å². The zero-order chi connectivity index (χ0) is 9.90. The first kappa shape index (κ1) is 3.83. The summed E-state index contributed by atoms with van der Waals surface area (Å²) in [4.78, 5) is 0. The Morgan fingerprint density at radius 3 is 3.10 bits per heavy atom. The Hall–Kier alpha value is -1.22. The van der Waals surface area contributed by atoms with Crippen LogP contribution in [-0.2, 0) is 0 Å². The third-order valence-electron chi connectivity index (χ3n) is 1.15. The topological polar surface area (TPSA) is 47.3 Å². The van der Waals surface area contributed by atoms with Gasteiger partial charge in [0, 0.05) is 0 Å². The molecule has 1 aromatic rings. The molecule has 3 heteroatoms. The second kappa shape index (κ2) is 3.08. The van der Waals surface area contributed by atoms with Crippen molar-refractivity contribution in [2.75, 3.05) is 12.5 Å². The summed E-state index contributed by atoms with van der Waals surface area (Å²) < 4.78 is 25.3. The standard InChI is InChI=1S/C7H10N2O/c1-10-7-5-3-2-4-6(7)9-8/h2-5,9H,8H2,1H3/i1D3. The molecule has 0 heterocycles. The number of nitrogen functional groups attached to an aromatic ring is 1. The second-order valence-electron chi connectivity index (χ2n) is 1.74. The normalized spacial score (nSPS) is 14.7. The van der Waals surface area contributed by atoms with Gasteiger partial charge in [-0.3, -0.25) is 5.84 Å². The molecule has 10 heavy (non-hydrogen) atoms. The molecule has 0 amide bonds. The quantitative estimate of drug-likeness (QED) is 0.476. The van der Waals surface area contributed by atoms with Gasteiger partial charge < -0.3 is 10.2 Å². The van der Waals surface area contributed by atoms with E-state index in [9.17, 15) is 0 Å². The van der Waals surface area contributed by atoms with Crippen molar-refractivity contribution < 1.29 is 8.85 Å². The molecular weight excluding hydrogens is 128 g/mol. The molecule has 0 radical (unpaired) electrons. The fourth-order valence-electron chi connectivity index (χ4n) is 0.675. The van der Waals surface area contributed by atoms with Crippen LogP contribution in [0.1, 0.15) is 4.11 Å². The number of anilines is 1. The van der Waals surface area contributed by atoms with Crippen LogP contribution in [0.15, 0.2) is 24.3 Å². The van der Waals surface area contributed by atoms with Crippen molar-refractivity contribution in [3.8, 4) is 5.75 Å². The first-order valence-electron chi connectivity index (χ1n) is 4.27. The van der Waals surface area contributed by atoms with Crippen LogP contribution in [0, 0.1) is 0 Å². The lowest BCUT2D eigenvalue weighted by Crippen LogP contribution is -2.07. The van der Waals surface area contributed by atoms with Crippen LogP contribution in [-0.4, -0.2) is 7.04 Å². The van der Waals surface area contributed by atoms with Gasteiger partial charge in [0.25, 0.3) is 0 Å². The van der Waals surface area contributed by atoms with Gasteiger partial charge in [-0.1, -0.05) is 12.1 Å². The SMILES string of the molecule is [2H]C([2H])([2H])Oc1ccccc1NN. The molecule has 0 fully saturated rings. The summed E-state index contributed by atoms with van der Waals surface area (Å²) in [6, 6.07) is 6.55. The van der Waals surface area contributed by atoms with E-state index in [1.807, 2.05) is 0 Å². The molecule has 0 bridgehead atoms. The molecule has 1 rings (SSSR count). The van der Waals surface area contributed by atoms with Crippen LogP contribution < -0.4 is 16.0 Å². The molecular formula is C7H10N2O. The van der Waals surface area contributed by atoms with Crippen LogP contribution in [0.25, 0.3) is 0 Å². The number of hydrogen-bond acceptors (Lipinski definition) is 3. The highest BCUT2D eigenvalue weighted by Gasteiger charge is 1.95.